The standard InChI is InChI=1S/C11H10N2O3/c14-10(6-7-11(15)16)13-12-8-9-4-2-1-3-5-9/h1-8H,(H,13,14)(H,15,16)/b7-6+,12-8-. The Morgan fingerprint density at radius 3 is 2.50 bits per heavy atom. The van der Waals surface area contributed by atoms with Gasteiger partial charge < -0.3 is 5.11 Å². The van der Waals surface area contributed by atoms with E-state index in [1.165, 1.54) is 6.21 Å². The van der Waals surface area contributed by atoms with E-state index in [9.17, 15) is 9.59 Å². The van der Waals surface area contributed by atoms with Crippen LogP contribution in [0.5, 0.6) is 0 Å². The Labute approximate surface area is 92.1 Å². The number of rotatable bonds is 4. The predicted molar refractivity (Wildman–Crippen MR) is 59.0 cm³/mol. The van der Waals surface area contributed by atoms with Gasteiger partial charge in [-0.3, -0.25) is 4.79 Å². The molecule has 0 fully saturated rings. The quantitative estimate of drug-likeness (QED) is 0.445. The van der Waals surface area contributed by atoms with Gasteiger partial charge in [-0.1, -0.05) is 30.3 Å². The number of carboxylic acids is 1. The summed E-state index contributed by atoms with van der Waals surface area (Å²) in [5, 5.41) is 11.9. The van der Waals surface area contributed by atoms with E-state index in [-0.39, 0.29) is 0 Å². The maximum Gasteiger partial charge on any atom is 0.328 e. The molecule has 0 aliphatic rings. The Morgan fingerprint density at radius 1 is 1.19 bits per heavy atom. The van der Waals surface area contributed by atoms with Gasteiger partial charge in [0.05, 0.1) is 6.21 Å². The number of carboxylic acid groups (broad SMARTS) is 1. The summed E-state index contributed by atoms with van der Waals surface area (Å²) >= 11 is 0. The largest absolute Gasteiger partial charge is 0.478 e. The van der Waals surface area contributed by atoms with Crippen molar-refractivity contribution in [2.75, 3.05) is 0 Å². The Bertz CT molecular complexity index is 424. The lowest BCUT2D eigenvalue weighted by Gasteiger charge is -1.92. The lowest BCUT2D eigenvalue weighted by Crippen LogP contribution is -2.14. The van der Waals surface area contributed by atoms with Crippen molar-refractivity contribution in [3.8, 4) is 0 Å². The zero-order chi connectivity index (χ0) is 11.8. The minimum Gasteiger partial charge on any atom is -0.478 e. The van der Waals surface area contributed by atoms with E-state index >= 15 is 0 Å². The molecule has 16 heavy (non-hydrogen) atoms. The Morgan fingerprint density at radius 2 is 1.88 bits per heavy atom. The number of carbonyl (C=O) groups excluding carboxylic acids is 1. The van der Waals surface area contributed by atoms with Gasteiger partial charge in [0, 0.05) is 12.2 Å². The summed E-state index contributed by atoms with van der Waals surface area (Å²) in [6.07, 6.45) is 3.10. The minimum atomic E-state index is -1.18. The van der Waals surface area contributed by atoms with E-state index in [4.69, 9.17) is 5.11 Å². The molecular formula is C11H10N2O3. The van der Waals surface area contributed by atoms with Crippen LogP contribution in [0.15, 0.2) is 47.6 Å². The van der Waals surface area contributed by atoms with Gasteiger partial charge in [0.1, 0.15) is 0 Å². The third kappa shape index (κ3) is 4.71. The molecule has 0 radical (unpaired) electrons. The van der Waals surface area contributed by atoms with Crippen molar-refractivity contribution in [2.24, 2.45) is 5.10 Å². The highest BCUT2D eigenvalue weighted by molar-refractivity contribution is 5.94. The SMILES string of the molecule is O=C(O)/C=C/C(=O)N/N=C\c1ccccc1. The topological polar surface area (TPSA) is 78.8 Å². The van der Waals surface area contributed by atoms with Crippen LogP contribution in [0.4, 0.5) is 0 Å². The number of hydrogen-bond donors (Lipinski definition) is 2. The second-order valence-electron chi connectivity index (χ2n) is 2.82. The number of carbonyl (C=O) groups is 2. The summed E-state index contributed by atoms with van der Waals surface area (Å²) in [6, 6.07) is 9.19. The number of benzene rings is 1. The second kappa shape index (κ2) is 6.13. The number of nitrogens with one attached hydrogen (secondary N) is 1. The molecule has 0 unspecified atom stereocenters. The Kier molecular flexibility index (Phi) is 4.46. The van der Waals surface area contributed by atoms with Crippen LogP contribution in [0.25, 0.3) is 0 Å². The van der Waals surface area contributed by atoms with Gasteiger partial charge in [-0.2, -0.15) is 5.10 Å². The lowest BCUT2D eigenvalue weighted by atomic mass is 10.2. The molecule has 1 rings (SSSR count). The average Bonchev–Trinajstić information content (AvgIpc) is 2.28. The number of hydrazone groups is 1. The monoisotopic (exact) mass is 218 g/mol. The molecule has 0 atom stereocenters. The number of hydrogen-bond acceptors (Lipinski definition) is 3. The van der Waals surface area contributed by atoms with E-state index in [0.29, 0.717) is 0 Å². The first-order valence-corrected chi connectivity index (χ1v) is 4.47. The summed E-state index contributed by atoms with van der Waals surface area (Å²) in [4.78, 5) is 21.1. The zero-order valence-corrected chi connectivity index (χ0v) is 8.33. The number of aliphatic carboxylic acids is 1. The molecule has 1 aromatic rings. The van der Waals surface area contributed by atoms with Crippen molar-refractivity contribution in [2.45, 2.75) is 0 Å². The minimum absolute atomic E-state index is 0.588. The lowest BCUT2D eigenvalue weighted by molar-refractivity contribution is -0.131. The fraction of sp³-hybridized carbons (Fsp3) is 0. The summed E-state index contributed by atoms with van der Waals surface area (Å²) in [7, 11) is 0. The predicted octanol–water partition coefficient (Wildman–Crippen LogP) is 0.777. The van der Waals surface area contributed by atoms with Crippen molar-refractivity contribution in [1.29, 1.82) is 0 Å². The van der Waals surface area contributed by atoms with Gasteiger partial charge in [0.15, 0.2) is 0 Å². The van der Waals surface area contributed by atoms with Crippen LogP contribution < -0.4 is 5.43 Å². The van der Waals surface area contributed by atoms with Crippen molar-refractivity contribution >= 4 is 18.1 Å². The maximum atomic E-state index is 11.0. The van der Waals surface area contributed by atoms with E-state index in [0.717, 1.165) is 17.7 Å². The van der Waals surface area contributed by atoms with Crippen LogP contribution >= 0.6 is 0 Å². The highest BCUT2D eigenvalue weighted by atomic mass is 16.4. The highest BCUT2D eigenvalue weighted by Gasteiger charge is 1.93. The molecule has 2 N–H and O–H groups in total. The smallest absolute Gasteiger partial charge is 0.328 e. The van der Waals surface area contributed by atoms with Gasteiger partial charge in [-0.25, -0.2) is 10.2 Å². The number of amides is 1. The molecule has 1 aromatic carbocycles. The van der Waals surface area contributed by atoms with Crippen molar-refractivity contribution in [1.82, 2.24) is 5.43 Å². The Hall–Kier alpha value is -2.43. The molecule has 5 nitrogen and oxygen atoms in total. The fourth-order valence-electron chi connectivity index (χ4n) is 0.894. The van der Waals surface area contributed by atoms with Gasteiger partial charge >= 0.3 is 5.97 Å². The third-order valence-corrected chi connectivity index (χ3v) is 1.57. The molecule has 0 saturated heterocycles. The first kappa shape index (κ1) is 11.6. The van der Waals surface area contributed by atoms with E-state index in [1.807, 2.05) is 30.3 Å². The molecule has 0 aliphatic carbocycles. The molecule has 1 amide bonds. The van der Waals surface area contributed by atoms with Crippen LogP contribution in [0.2, 0.25) is 0 Å². The maximum absolute atomic E-state index is 11.0. The van der Waals surface area contributed by atoms with Gasteiger partial charge in [0.25, 0.3) is 5.91 Å². The summed E-state index contributed by atoms with van der Waals surface area (Å²) in [5.41, 5.74) is 3.00. The molecule has 0 saturated carbocycles. The Balaban J connectivity index is 2.43. The molecule has 0 heterocycles. The van der Waals surface area contributed by atoms with Crippen LogP contribution in [-0.2, 0) is 9.59 Å². The highest BCUT2D eigenvalue weighted by Crippen LogP contribution is 1.92. The zero-order valence-electron chi connectivity index (χ0n) is 8.33. The fourth-order valence-corrected chi connectivity index (χ4v) is 0.894. The van der Waals surface area contributed by atoms with Crippen molar-refractivity contribution in [3.05, 3.63) is 48.0 Å². The van der Waals surface area contributed by atoms with Crippen LogP contribution in [0.1, 0.15) is 5.56 Å². The summed E-state index contributed by atoms with van der Waals surface area (Å²) in [5.74, 6) is -1.77. The molecular weight excluding hydrogens is 208 g/mol. The van der Waals surface area contributed by atoms with Crippen LogP contribution in [0.3, 0.4) is 0 Å². The first-order chi connectivity index (χ1) is 7.68. The third-order valence-electron chi connectivity index (χ3n) is 1.57. The van der Waals surface area contributed by atoms with Gasteiger partial charge in [-0.05, 0) is 5.56 Å². The van der Waals surface area contributed by atoms with Gasteiger partial charge in [-0.15, -0.1) is 0 Å². The molecule has 0 spiro atoms. The van der Waals surface area contributed by atoms with E-state index in [2.05, 4.69) is 10.5 Å². The average molecular weight is 218 g/mol. The van der Waals surface area contributed by atoms with Crippen LogP contribution in [-0.4, -0.2) is 23.2 Å². The summed E-state index contributed by atoms with van der Waals surface area (Å²) < 4.78 is 0. The number of nitrogens with zero attached hydrogens (tertiary/aromatic N) is 1. The first-order valence-electron chi connectivity index (χ1n) is 4.47. The second-order valence-corrected chi connectivity index (χ2v) is 2.82. The van der Waals surface area contributed by atoms with Gasteiger partial charge in [0.2, 0.25) is 0 Å². The molecule has 0 aliphatic heterocycles. The van der Waals surface area contributed by atoms with E-state index in [1.54, 1.807) is 0 Å². The van der Waals surface area contributed by atoms with Crippen molar-refractivity contribution in [3.63, 3.8) is 0 Å². The molecule has 0 bridgehead atoms. The van der Waals surface area contributed by atoms with Crippen molar-refractivity contribution < 1.29 is 14.7 Å². The van der Waals surface area contributed by atoms with Crippen LogP contribution in [0, 0.1) is 0 Å². The van der Waals surface area contributed by atoms with E-state index < -0.39 is 11.9 Å². The summed E-state index contributed by atoms with van der Waals surface area (Å²) in [6.45, 7) is 0. The normalized spacial score (nSPS) is 10.8. The molecule has 0 aromatic heterocycles. The molecule has 82 valence electrons. The molecule has 5 heteroatoms.